The normalized spacial score (nSPS) is 24.1. The molecular formula is C21H30N4O. The van der Waals surface area contributed by atoms with Gasteiger partial charge in [-0.2, -0.15) is 0 Å². The van der Waals surface area contributed by atoms with E-state index in [0.717, 1.165) is 49.5 Å². The number of imidazole rings is 1. The van der Waals surface area contributed by atoms with Crippen LogP contribution in [0.3, 0.4) is 0 Å². The highest BCUT2D eigenvalue weighted by Crippen LogP contribution is 2.41. The maximum atomic E-state index is 12.5. The van der Waals surface area contributed by atoms with Crippen molar-refractivity contribution in [2.75, 3.05) is 18.4 Å². The monoisotopic (exact) mass is 354 g/mol. The van der Waals surface area contributed by atoms with Crippen LogP contribution in [-0.2, 0) is 4.79 Å². The van der Waals surface area contributed by atoms with Gasteiger partial charge >= 0.3 is 0 Å². The first kappa shape index (κ1) is 17.4. The third kappa shape index (κ3) is 3.31. The first-order chi connectivity index (χ1) is 12.3. The molecule has 0 bridgehead atoms. The van der Waals surface area contributed by atoms with Crippen LogP contribution in [0.15, 0.2) is 24.4 Å². The summed E-state index contributed by atoms with van der Waals surface area (Å²) in [6, 6.07) is 6.14. The molecule has 2 aromatic rings. The number of nitrogens with zero attached hydrogens (tertiary/aromatic N) is 3. The SMILES string of the molecule is C[C@H]1C[C@@H]1C(=O)N1CCC(c2nc3ccccn3c2NC(C)(C)C)CC1. The van der Waals surface area contributed by atoms with Crippen molar-refractivity contribution < 1.29 is 4.79 Å². The third-order valence-electron chi connectivity index (χ3n) is 5.67. The van der Waals surface area contributed by atoms with Crippen molar-refractivity contribution >= 4 is 17.4 Å². The molecule has 1 aliphatic heterocycles. The number of amides is 1. The van der Waals surface area contributed by atoms with E-state index >= 15 is 0 Å². The second-order valence-corrected chi connectivity index (χ2v) is 9.07. The van der Waals surface area contributed by atoms with Gasteiger partial charge in [0.2, 0.25) is 5.91 Å². The Balaban J connectivity index is 1.55. The van der Waals surface area contributed by atoms with Gasteiger partial charge in [-0.05, 0) is 58.1 Å². The lowest BCUT2D eigenvalue weighted by Gasteiger charge is -2.32. The molecule has 26 heavy (non-hydrogen) atoms. The maximum absolute atomic E-state index is 12.5. The smallest absolute Gasteiger partial charge is 0.225 e. The van der Waals surface area contributed by atoms with Crippen molar-refractivity contribution in [3.05, 3.63) is 30.1 Å². The van der Waals surface area contributed by atoms with Crippen LogP contribution in [0.4, 0.5) is 5.82 Å². The number of hydrogen-bond acceptors (Lipinski definition) is 3. The number of anilines is 1. The van der Waals surface area contributed by atoms with Crippen LogP contribution < -0.4 is 5.32 Å². The van der Waals surface area contributed by atoms with E-state index in [1.807, 2.05) is 12.1 Å². The zero-order valence-electron chi connectivity index (χ0n) is 16.3. The Morgan fingerprint density at radius 1 is 1.23 bits per heavy atom. The van der Waals surface area contributed by atoms with Crippen LogP contribution in [0.1, 0.15) is 58.6 Å². The predicted molar refractivity (Wildman–Crippen MR) is 104 cm³/mol. The summed E-state index contributed by atoms with van der Waals surface area (Å²) in [5.74, 6) is 2.76. The van der Waals surface area contributed by atoms with Gasteiger partial charge in [-0.3, -0.25) is 9.20 Å². The molecule has 3 heterocycles. The average molecular weight is 354 g/mol. The first-order valence-electron chi connectivity index (χ1n) is 9.87. The van der Waals surface area contributed by atoms with E-state index in [-0.39, 0.29) is 5.54 Å². The minimum Gasteiger partial charge on any atom is -0.365 e. The van der Waals surface area contributed by atoms with E-state index in [2.05, 4.69) is 54.6 Å². The molecule has 2 aromatic heterocycles. The van der Waals surface area contributed by atoms with Crippen molar-refractivity contribution in [1.29, 1.82) is 0 Å². The summed E-state index contributed by atoms with van der Waals surface area (Å²) in [4.78, 5) is 19.5. The summed E-state index contributed by atoms with van der Waals surface area (Å²) >= 11 is 0. The lowest BCUT2D eigenvalue weighted by Crippen LogP contribution is -2.39. The second-order valence-electron chi connectivity index (χ2n) is 9.07. The third-order valence-corrected chi connectivity index (χ3v) is 5.67. The lowest BCUT2D eigenvalue weighted by atomic mass is 9.92. The molecule has 2 atom stereocenters. The highest BCUT2D eigenvalue weighted by Gasteiger charge is 2.42. The minimum atomic E-state index is -0.0284. The van der Waals surface area contributed by atoms with Crippen LogP contribution in [0, 0.1) is 11.8 Å². The van der Waals surface area contributed by atoms with Gasteiger partial charge < -0.3 is 10.2 Å². The van der Waals surface area contributed by atoms with Crippen molar-refractivity contribution in [2.24, 2.45) is 11.8 Å². The van der Waals surface area contributed by atoms with Crippen molar-refractivity contribution in [1.82, 2.24) is 14.3 Å². The van der Waals surface area contributed by atoms with Crippen molar-refractivity contribution in [3.8, 4) is 0 Å². The topological polar surface area (TPSA) is 49.6 Å². The van der Waals surface area contributed by atoms with Gasteiger partial charge in [0.05, 0.1) is 5.69 Å². The summed E-state index contributed by atoms with van der Waals surface area (Å²) in [6.45, 7) is 10.4. The van der Waals surface area contributed by atoms with E-state index in [1.165, 1.54) is 0 Å². The van der Waals surface area contributed by atoms with E-state index in [4.69, 9.17) is 4.98 Å². The van der Waals surface area contributed by atoms with Crippen molar-refractivity contribution in [3.63, 3.8) is 0 Å². The zero-order chi connectivity index (χ0) is 18.5. The summed E-state index contributed by atoms with van der Waals surface area (Å²) in [6.07, 6.45) is 5.14. The Labute approximate surface area is 155 Å². The molecule has 0 aromatic carbocycles. The molecule has 5 nitrogen and oxygen atoms in total. The number of carbonyl (C=O) groups is 1. The summed E-state index contributed by atoms with van der Waals surface area (Å²) in [5.41, 5.74) is 2.11. The van der Waals surface area contributed by atoms with Gasteiger partial charge in [0.25, 0.3) is 0 Å². The first-order valence-corrected chi connectivity index (χ1v) is 9.87. The number of hydrogen-bond donors (Lipinski definition) is 1. The predicted octanol–water partition coefficient (Wildman–Crippen LogP) is 3.91. The van der Waals surface area contributed by atoms with Gasteiger partial charge in [0.15, 0.2) is 0 Å². The molecule has 0 spiro atoms. The molecule has 5 heteroatoms. The van der Waals surface area contributed by atoms with Gasteiger partial charge in [0, 0.05) is 36.7 Å². The number of fused-ring (bicyclic) bond motifs is 1. The zero-order valence-corrected chi connectivity index (χ0v) is 16.3. The minimum absolute atomic E-state index is 0.0284. The van der Waals surface area contributed by atoms with Gasteiger partial charge in [0.1, 0.15) is 11.5 Å². The highest BCUT2D eigenvalue weighted by atomic mass is 16.2. The summed E-state index contributed by atoms with van der Waals surface area (Å²) in [7, 11) is 0. The molecule has 1 saturated heterocycles. The van der Waals surface area contributed by atoms with E-state index in [0.29, 0.717) is 23.7 Å². The van der Waals surface area contributed by atoms with E-state index in [9.17, 15) is 4.79 Å². The molecule has 2 aliphatic rings. The molecular weight excluding hydrogens is 324 g/mol. The molecule has 140 valence electrons. The molecule has 2 fully saturated rings. The number of nitrogens with one attached hydrogen (secondary N) is 1. The largest absolute Gasteiger partial charge is 0.365 e. The Bertz CT molecular complexity index is 811. The summed E-state index contributed by atoms with van der Waals surface area (Å²) in [5, 5.41) is 3.66. The lowest BCUT2D eigenvalue weighted by molar-refractivity contribution is -0.133. The molecule has 1 aliphatic carbocycles. The van der Waals surface area contributed by atoms with E-state index < -0.39 is 0 Å². The quantitative estimate of drug-likeness (QED) is 0.909. The highest BCUT2D eigenvalue weighted by molar-refractivity contribution is 5.81. The molecule has 0 unspecified atom stereocenters. The number of likely N-dealkylation sites (tertiary alicyclic amines) is 1. The Hall–Kier alpha value is -2.04. The molecule has 0 radical (unpaired) electrons. The van der Waals surface area contributed by atoms with Crippen LogP contribution in [0.25, 0.3) is 5.65 Å². The molecule has 1 saturated carbocycles. The van der Waals surface area contributed by atoms with Crippen LogP contribution in [-0.4, -0.2) is 38.8 Å². The van der Waals surface area contributed by atoms with Gasteiger partial charge in [-0.15, -0.1) is 0 Å². The number of piperidine rings is 1. The fourth-order valence-electron chi connectivity index (χ4n) is 4.05. The number of carbonyl (C=O) groups excluding carboxylic acids is 1. The average Bonchev–Trinajstić information content (AvgIpc) is 3.23. The fraction of sp³-hybridized carbons (Fsp3) is 0.619. The number of rotatable bonds is 3. The standard InChI is InChI=1S/C21H30N4O/c1-14-13-16(14)20(26)24-11-8-15(9-12-24)18-19(23-21(2,3)4)25-10-6-5-7-17(25)22-18/h5-7,10,14-16,23H,8-9,11-13H2,1-4H3/t14-,16-/m0/s1. The van der Waals surface area contributed by atoms with Crippen molar-refractivity contribution in [2.45, 2.75) is 58.4 Å². The Morgan fingerprint density at radius 3 is 2.54 bits per heavy atom. The number of pyridine rings is 1. The molecule has 1 N–H and O–H groups in total. The molecule has 4 rings (SSSR count). The van der Waals surface area contributed by atoms with Crippen LogP contribution in [0.5, 0.6) is 0 Å². The summed E-state index contributed by atoms with van der Waals surface area (Å²) < 4.78 is 2.16. The van der Waals surface area contributed by atoms with Crippen LogP contribution in [0.2, 0.25) is 0 Å². The maximum Gasteiger partial charge on any atom is 0.225 e. The second kappa shape index (κ2) is 6.29. The Kier molecular flexibility index (Phi) is 4.20. The van der Waals surface area contributed by atoms with Gasteiger partial charge in [-0.25, -0.2) is 4.98 Å². The number of aromatic nitrogens is 2. The van der Waals surface area contributed by atoms with Gasteiger partial charge in [-0.1, -0.05) is 13.0 Å². The Morgan fingerprint density at radius 2 is 1.92 bits per heavy atom. The van der Waals surface area contributed by atoms with E-state index in [1.54, 1.807) is 0 Å². The fourth-order valence-corrected chi connectivity index (χ4v) is 4.05. The van der Waals surface area contributed by atoms with Crippen LogP contribution >= 0.6 is 0 Å². The molecule has 1 amide bonds.